The van der Waals surface area contributed by atoms with Gasteiger partial charge in [0.15, 0.2) is 0 Å². The first-order chi connectivity index (χ1) is 13.0. The van der Waals surface area contributed by atoms with Gasteiger partial charge in [0, 0.05) is 36.2 Å². The Kier molecular flexibility index (Phi) is 7.13. The molecule has 2 aromatic rings. The van der Waals surface area contributed by atoms with Gasteiger partial charge in [-0.2, -0.15) is 0 Å². The van der Waals surface area contributed by atoms with Crippen LogP contribution in [0.5, 0.6) is 0 Å². The Morgan fingerprint density at radius 3 is 2.41 bits per heavy atom. The summed E-state index contributed by atoms with van der Waals surface area (Å²) < 4.78 is 0. The highest BCUT2D eigenvalue weighted by Crippen LogP contribution is 2.21. The van der Waals surface area contributed by atoms with Crippen molar-refractivity contribution in [2.24, 2.45) is 0 Å². The zero-order chi connectivity index (χ0) is 19.2. The lowest BCUT2D eigenvalue weighted by atomic mass is 10.1. The Labute approximate surface area is 170 Å². The summed E-state index contributed by atoms with van der Waals surface area (Å²) in [5, 5.41) is 13.6. The van der Waals surface area contributed by atoms with E-state index >= 15 is 0 Å². The molecule has 144 valence electrons. The summed E-state index contributed by atoms with van der Waals surface area (Å²) in [7, 11) is 0. The number of aliphatic hydroxyl groups is 1. The first-order valence-electron chi connectivity index (χ1n) is 9.18. The third-order valence-electron chi connectivity index (χ3n) is 4.84. The number of hydrogen-bond donors (Lipinski definition) is 2. The van der Waals surface area contributed by atoms with E-state index in [2.05, 4.69) is 22.3 Å². The first-order valence-corrected chi connectivity index (χ1v) is 9.94. The molecule has 0 saturated carbocycles. The van der Waals surface area contributed by atoms with E-state index in [0.717, 1.165) is 43.6 Å². The number of amides is 1. The molecule has 1 fully saturated rings. The maximum Gasteiger partial charge on any atom is 0.224 e. The van der Waals surface area contributed by atoms with Gasteiger partial charge < -0.3 is 10.4 Å². The van der Waals surface area contributed by atoms with Crippen molar-refractivity contribution in [2.45, 2.75) is 38.5 Å². The topological polar surface area (TPSA) is 52.6 Å². The summed E-state index contributed by atoms with van der Waals surface area (Å²) in [6.07, 6.45) is 1.79. The second-order valence-electron chi connectivity index (χ2n) is 7.01. The van der Waals surface area contributed by atoms with Crippen molar-refractivity contribution in [3.05, 3.63) is 69.2 Å². The molecule has 0 aliphatic carbocycles. The Bertz CT molecular complexity index is 772. The molecular formula is C21H24Cl2N2O2. The molecule has 27 heavy (non-hydrogen) atoms. The van der Waals surface area contributed by atoms with Crippen molar-refractivity contribution in [1.29, 1.82) is 0 Å². The van der Waals surface area contributed by atoms with Gasteiger partial charge in [0.05, 0.1) is 12.5 Å². The highest BCUT2D eigenvalue weighted by Gasteiger charge is 2.16. The minimum Gasteiger partial charge on any atom is -0.393 e. The molecule has 3 rings (SSSR count). The lowest BCUT2D eigenvalue weighted by Crippen LogP contribution is -2.35. The van der Waals surface area contributed by atoms with Gasteiger partial charge in [0.2, 0.25) is 5.91 Å². The number of nitrogens with zero attached hydrogens (tertiary/aromatic N) is 1. The molecule has 2 N–H and O–H groups in total. The molecule has 1 aliphatic heterocycles. The summed E-state index contributed by atoms with van der Waals surface area (Å²) in [6, 6.07) is 13.4. The maximum atomic E-state index is 12.1. The number of carbonyl (C=O) groups is 1. The first kappa shape index (κ1) is 20.2. The predicted octanol–water partition coefficient (Wildman–Crippen LogP) is 3.81. The van der Waals surface area contributed by atoms with Crippen LogP contribution in [0.25, 0.3) is 0 Å². The van der Waals surface area contributed by atoms with Crippen LogP contribution >= 0.6 is 23.2 Å². The van der Waals surface area contributed by atoms with Gasteiger partial charge in [-0.25, -0.2) is 0 Å². The molecule has 1 saturated heterocycles. The number of carbonyl (C=O) groups excluding carboxylic acids is 1. The summed E-state index contributed by atoms with van der Waals surface area (Å²) in [4.78, 5) is 14.5. The molecule has 4 nitrogen and oxygen atoms in total. The molecular weight excluding hydrogens is 383 g/mol. The summed E-state index contributed by atoms with van der Waals surface area (Å²) in [5.41, 5.74) is 3.07. The van der Waals surface area contributed by atoms with E-state index in [9.17, 15) is 9.90 Å². The average Bonchev–Trinajstić information content (AvgIpc) is 2.65. The van der Waals surface area contributed by atoms with Crippen molar-refractivity contribution >= 4 is 29.1 Å². The van der Waals surface area contributed by atoms with Gasteiger partial charge in [-0.1, -0.05) is 53.5 Å². The zero-order valence-electron chi connectivity index (χ0n) is 15.1. The average molecular weight is 407 g/mol. The van der Waals surface area contributed by atoms with E-state index in [1.165, 1.54) is 5.56 Å². The van der Waals surface area contributed by atoms with E-state index in [4.69, 9.17) is 23.2 Å². The zero-order valence-corrected chi connectivity index (χ0v) is 16.6. The van der Waals surface area contributed by atoms with Crippen LogP contribution in [0.2, 0.25) is 10.0 Å². The van der Waals surface area contributed by atoms with Crippen molar-refractivity contribution < 1.29 is 9.90 Å². The molecule has 0 spiro atoms. The second-order valence-corrected chi connectivity index (χ2v) is 7.86. The fourth-order valence-corrected chi connectivity index (χ4v) is 3.67. The minimum absolute atomic E-state index is 0.0739. The largest absolute Gasteiger partial charge is 0.393 e. The van der Waals surface area contributed by atoms with E-state index in [-0.39, 0.29) is 18.4 Å². The normalized spacial score (nSPS) is 15.7. The monoisotopic (exact) mass is 406 g/mol. The standard InChI is InChI=1S/C21H24Cl2N2O2/c22-18-6-5-17(20(23)12-18)11-21(27)24-13-15-1-3-16(4-2-15)14-25-9-7-19(26)8-10-25/h1-6,12,19,26H,7-11,13-14H2,(H,24,27). The molecule has 0 atom stereocenters. The number of rotatable bonds is 6. The number of likely N-dealkylation sites (tertiary alicyclic amines) is 1. The van der Waals surface area contributed by atoms with Crippen molar-refractivity contribution in [2.75, 3.05) is 13.1 Å². The van der Waals surface area contributed by atoms with Crippen LogP contribution in [-0.4, -0.2) is 35.1 Å². The summed E-state index contributed by atoms with van der Waals surface area (Å²) in [6.45, 7) is 3.26. The highest BCUT2D eigenvalue weighted by molar-refractivity contribution is 6.35. The van der Waals surface area contributed by atoms with Crippen LogP contribution in [0.1, 0.15) is 29.5 Å². The van der Waals surface area contributed by atoms with Crippen LogP contribution < -0.4 is 5.32 Å². The molecule has 1 aliphatic rings. The maximum absolute atomic E-state index is 12.1. The van der Waals surface area contributed by atoms with E-state index in [1.54, 1.807) is 18.2 Å². The molecule has 0 bridgehead atoms. The SMILES string of the molecule is O=C(Cc1ccc(Cl)cc1Cl)NCc1ccc(CN2CCC(O)CC2)cc1. The molecule has 0 aromatic heterocycles. The van der Waals surface area contributed by atoms with Crippen LogP contribution in [-0.2, 0) is 24.3 Å². The Hall–Kier alpha value is -1.59. The third kappa shape index (κ3) is 6.22. The smallest absolute Gasteiger partial charge is 0.224 e. The number of benzene rings is 2. The second kappa shape index (κ2) is 9.56. The van der Waals surface area contributed by atoms with E-state index in [0.29, 0.717) is 16.6 Å². The Morgan fingerprint density at radius 1 is 1.07 bits per heavy atom. The molecule has 6 heteroatoms. The number of piperidine rings is 1. The lowest BCUT2D eigenvalue weighted by Gasteiger charge is -2.29. The number of halogens is 2. The molecule has 1 heterocycles. The number of aliphatic hydroxyl groups excluding tert-OH is 1. The third-order valence-corrected chi connectivity index (χ3v) is 5.43. The summed E-state index contributed by atoms with van der Waals surface area (Å²) >= 11 is 12.0. The van der Waals surface area contributed by atoms with Crippen LogP contribution in [0, 0.1) is 0 Å². The van der Waals surface area contributed by atoms with Crippen LogP contribution in [0.3, 0.4) is 0 Å². The van der Waals surface area contributed by atoms with E-state index in [1.807, 2.05) is 12.1 Å². The highest BCUT2D eigenvalue weighted by atomic mass is 35.5. The molecule has 0 unspecified atom stereocenters. The summed E-state index contributed by atoms with van der Waals surface area (Å²) in [5.74, 6) is -0.0739. The molecule has 2 aromatic carbocycles. The van der Waals surface area contributed by atoms with Gasteiger partial charge in [0.1, 0.15) is 0 Å². The van der Waals surface area contributed by atoms with Crippen molar-refractivity contribution in [1.82, 2.24) is 10.2 Å². The molecule has 1 amide bonds. The number of nitrogens with one attached hydrogen (secondary N) is 1. The fourth-order valence-electron chi connectivity index (χ4n) is 3.20. The van der Waals surface area contributed by atoms with Crippen LogP contribution in [0.15, 0.2) is 42.5 Å². The van der Waals surface area contributed by atoms with Crippen LogP contribution in [0.4, 0.5) is 0 Å². The van der Waals surface area contributed by atoms with Crippen molar-refractivity contribution in [3.63, 3.8) is 0 Å². The van der Waals surface area contributed by atoms with Gasteiger partial charge in [0.25, 0.3) is 0 Å². The van der Waals surface area contributed by atoms with Gasteiger partial charge in [-0.05, 0) is 41.7 Å². The number of hydrogen-bond acceptors (Lipinski definition) is 3. The quantitative estimate of drug-likeness (QED) is 0.766. The predicted molar refractivity (Wildman–Crippen MR) is 109 cm³/mol. The lowest BCUT2D eigenvalue weighted by molar-refractivity contribution is -0.120. The van der Waals surface area contributed by atoms with Gasteiger partial charge in [-0.15, -0.1) is 0 Å². The van der Waals surface area contributed by atoms with Gasteiger partial charge in [-0.3, -0.25) is 9.69 Å². The molecule has 0 radical (unpaired) electrons. The Morgan fingerprint density at radius 2 is 1.74 bits per heavy atom. The Balaban J connectivity index is 1.46. The van der Waals surface area contributed by atoms with Gasteiger partial charge >= 0.3 is 0 Å². The van der Waals surface area contributed by atoms with E-state index < -0.39 is 0 Å². The fraction of sp³-hybridized carbons (Fsp3) is 0.381. The van der Waals surface area contributed by atoms with Crippen molar-refractivity contribution in [3.8, 4) is 0 Å². The minimum atomic E-state index is -0.144.